The summed E-state index contributed by atoms with van der Waals surface area (Å²) in [7, 11) is 0. The fraction of sp³-hybridized carbons (Fsp3) is 0.333. The van der Waals surface area contributed by atoms with E-state index in [4.69, 9.17) is 5.84 Å². The van der Waals surface area contributed by atoms with Gasteiger partial charge in [0, 0.05) is 0 Å². The molecule has 8 heavy (non-hydrogen) atoms. The van der Waals surface area contributed by atoms with E-state index in [1.165, 1.54) is 0 Å². The first-order valence-corrected chi connectivity index (χ1v) is 2.08. The van der Waals surface area contributed by atoms with Crippen molar-refractivity contribution in [3.05, 3.63) is 0 Å². The van der Waals surface area contributed by atoms with Crippen molar-refractivity contribution in [1.29, 1.82) is 0 Å². The van der Waals surface area contributed by atoms with Crippen LogP contribution in [0.3, 0.4) is 0 Å². The molecule has 0 aromatic heterocycles. The van der Waals surface area contributed by atoms with Crippen molar-refractivity contribution in [3.63, 3.8) is 0 Å². The van der Waals surface area contributed by atoms with Crippen LogP contribution in [0.25, 0.3) is 0 Å². The summed E-state index contributed by atoms with van der Waals surface area (Å²) in [6.07, 6.45) is 0. The Morgan fingerprint density at radius 2 is 2.62 bits per heavy atom. The molecular formula is C3H4N4O. The van der Waals surface area contributed by atoms with E-state index in [0.717, 1.165) is 0 Å². The molecule has 0 spiro atoms. The van der Waals surface area contributed by atoms with Crippen molar-refractivity contribution >= 4 is 11.9 Å². The Bertz CT molecular complexity index is 140. The Morgan fingerprint density at radius 3 is 2.88 bits per heavy atom. The average Bonchev–Trinajstić information content (AvgIpc) is 2.14. The minimum atomic E-state index is -0.276. The molecule has 1 heterocycles. The Balaban J connectivity index is 2.57. The van der Waals surface area contributed by atoms with Crippen LogP contribution in [0.4, 0.5) is 0 Å². The van der Waals surface area contributed by atoms with E-state index in [0.29, 0.717) is 0 Å². The number of aliphatic imine (C=N–C) groups is 1. The van der Waals surface area contributed by atoms with Gasteiger partial charge in [0.25, 0.3) is 5.91 Å². The third-order valence-corrected chi connectivity index (χ3v) is 0.749. The second-order valence-corrected chi connectivity index (χ2v) is 1.32. The van der Waals surface area contributed by atoms with Gasteiger partial charge in [0.15, 0.2) is 0 Å². The highest BCUT2D eigenvalue weighted by atomic mass is 16.2. The number of guanidine groups is 1. The van der Waals surface area contributed by atoms with Gasteiger partial charge in [-0.05, 0) is 5.84 Å². The van der Waals surface area contributed by atoms with E-state index in [2.05, 4.69) is 10.3 Å². The topological polar surface area (TPSA) is 75.8 Å². The van der Waals surface area contributed by atoms with E-state index < -0.39 is 0 Å². The van der Waals surface area contributed by atoms with Gasteiger partial charge in [0.1, 0.15) is 0 Å². The molecule has 0 atom stereocenters. The Kier molecular flexibility index (Phi) is 1.13. The zero-order chi connectivity index (χ0) is 5.98. The van der Waals surface area contributed by atoms with E-state index in [-0.39, 0.29) is 18.4 Å². The van der Waals surface area contributed by atoms with Gasteiger partial charge in [-0.25, -0.2) is 0 Å². The predicted octanol–water partition coefficient (Wildman–Crippen LogP) is -1.95. The molecule has 0 bridgehead atoms. The summed E-state index contributed by atoms with van der Waals surface area (Å²) in [5, 5.41) is 2.50. The fourth-order valence-electron chi connectivity index (χ4n) is 0.428. The summed E-state index contributed by atoms with van der Waals surface area (Å²) in [4.78, 5) is 13.5. The number of nitrogens with zero attached hydrogens (tertiary/aromatic N) is 2. The standard InChI is InChI=1S/C3H4N4O/c4-7-3-5-1-2(8)6-3/h1H2,(H2,5,6,7,8). The second-order valence-electron chi connectivity index (χ2n) is 1.32. The van der Waals surface area contributed by atoms with E-state index in [1.807, 2.05) is 0 Å². The lowest BCUT2D eigenvalue weighted by atomic mass is 10.7. The Morgan fingerprint density at radius 1 is 1.88 bits per heavy atom. The van der Waals surface area contributed by atoms with Crippen molar-refractivity contribution in [1.82, 2.24) is 16.6 Å². The first-order valence-electron chi connectivity index (χ1n) is 2.08. The zero-order valence-corrected chi connectivity index (χ0v) is 4.01. The summed E-state index contributed by atoms with van der Waals surface area (Å²) < 4.78 is 0. The second kappa shape index (κ2) is 1.79. The highest BCUT2D eigenvalue weighted by Gasteiger charge is 2.10. The number of nitrogens with one attached hydrogen (secondary N) is 2. The van der Waals surface area contributed by atoms with E-state index in [9.17, 15) is 4.79 Å². The molecule has 1 aliphatic rings. The van der Waals surface area contributed by atoms with Crippen molar-refractivity contribution in [2.24, 2.45) is 4.99 Å². The lowest BCUT2D eigenvalue weighted by Crippen LogP contribution is -2.32. The highest BCUT2D eigenvalue weighted by molar-refractivity contribution is 6.00. The summed E-state index contributed by atoms with van der Waals surface area (Å²) in [5.41, 5.74) is 1.71. The number of hydrogen-bond acceptors (Lipinski definition) is 3. The smallest absolute Gasteiger partial charge is 0.268 e. The molecule has 2 radical (unpaired) electrons. The normalized spacial score (nSPS) is 17.6. The zero-order valence-electron chi connectivity index (χ0n) is 4.01. The number of rotatable bonds is 0. The largest absolute Gasteiger partial charge is 0.346 e. The first-order chi connectivity index (χ1) is 3.83. The molecule has 1 aliphatic heterocycles. The maximum Gasteiger partial charge on any atom is 0.268 e. The Hall–Kier alpha value is -1.10. The molecule has 0 fully saturated rings. The van der Waals surface area contributed by atoms with Crippen molar-refractivity contribution in [3.8, 4) is 0 Å². The molecule has 0 unspecified atom stereocenters. The fourth-order valence-corrected chi connectivity index (χ4v) is 0.428. The third-order valence-electron chi connectivity index (χ3n) is 0.749. The molecule has 2 N–H and O–H groups in total. The monoisotopic (exact) mass is 112 g/mol. The van der Waals surface area contributed by atoms with Crippen molar-refractivity contribution in [2.75, 3.05) is 6.54 Å². The summed E-state index contributed by atoms with van der Waals surface area (Å²) in [6.45, 7) is 0.170. The van der Waals surface area contributed by atoms with Crippen molar-refractivity contribution < 1.29 is 4.79 Å². The van der Waals surface area contributed by atoms with Crippen LogP contribution in [-0.2, 0) is 4.79 Å². The Labute approximate surface area is 45.9 Å². The summed E-state index contributed by atoms with van der Waals surface area (Å²) in [5.74, 6) is 7.93. The van der Waals surface area contributed by atoms with Gasteiger partial charge in [-0.2, -0.15) is 4.99 Å². The van der Waals surface area contributed by atoms with E-state index in [1.54, 1.807) is 5.43 Å². The average molecular weight is 112 g/mol. The minimum absolute atomic E-state index is 0.120. The van der Waals surface area contributed by atoms with Crippen LogP contribution in [0.1, 0.15) is 0 Å². The number of carbonyl (C=O) groups is 1. The van der Waals surface area contributed by atoms with Crippen molar-refractivity contribution in [2.45, 2.75) is 0 Å². The maximum atomic E-state index is 10.2. The molecule has 5 heteroatoms. The number of hydrogen-bond donors (Lipinski definition) is 2. The molecule has 0 saturated heterocycles. The van der Waals surface area contributed by atoms with Crippen LogP contribution >= 0.6 is 0 Å². The third kappa shape index (κ3) is 0.760. The molecule has 1 rings (SSSR count). The number of amides is 1. The number of carbonyl (C=O) groups excluding carboxylic acids is 1. The molecule has 1 amide bonds. The van der Waals surface area contributed by atoms with Crippen LogP contribution in [0.15, 0.2) is 4.99 Å². The van der Waals surface area contributed by atoms with Crippen LogP contribution in [0, 0.1) is 0 Å². The SMILES string of the molecule is [N]NC1=NC(=O)CN1. The quantitative estimate of drug-likeness (QED) is 0.357. The van der Waals surface area contributed by atoms with Gasteiger partial charge in [-0.3, -0.25) is 10.2 Å². The lowest BCUT2D eigenvalue weighted by molar-refractivity contribution is -0.116. The van der Waals surface area contributed by atoms with Gasteiger partial charge in [0.2, 0.25) is 5.96 Å². The summed E-state index contributed by atoms with van der Waals surface area (Å²) in [6, 6.07) is 0. The molecular weight excluding hydrogens is 108 g/mol. The predicted molar refractivity (Wildman–Crippen MR) is 25.7 cm³/mol. The van der Waals surface area contributed by atoms with Crippen LogP contribution in [0.2, 0.25) is 0 Å². The minimum Gasteiger partial charge on any atom is -0.346 e. The summed E-state index contributed by atoms with van der Waals surface area (Å²) >= 11 is 0. The van der Waals surface area contributed by atoms with Gasteiger partial charge >= 0.3 is 0 Å². The molecule has 0 aromatic carbocycles. The van der Waals surface area contributed by atoms with Crippen LogP contribution in [-0.4, -0.2) is 18.4 Å². The van der Waals surface area contributed by atoms with Crippen LogP contribution < -0.4 is 16.6 Å². The molecule has 0 aromatic rings. The van der Waals surface area contributed by atoms with Gasteiger partial charge in [-0.15, -0.1) is 0 Å². The first kappa shape index (κ1) is 5.04. The van der Waals surface area contributed by atoms with Gasteiger partial charge in [0.05, 0.1) is 6.54 Å². The lowest BCUT2D eigenvalue weighted by Gasteiger charge is -1.91. The maximum absolute atomic E-state index is 10.2. The van der Waals surface area contributed by atoms with Gasteiger partial charge in [-0.1, -0.05) is 0 Å². The molecule has 0 aliphatic carbocycles. The highest BCUT2D eigenvalue weighted by Crippen LogP contribution is 1.81. The molecule has 0 saturated carbocycles. The van der Waals surface area contributed by atoms with Crippen LogP contribution in [0.5, 0.6) is 0 Å². The molecule has 5 nitrogen and oxygen atoms in total. The molecule has 42 valence electrons. The van der Waals surface area contributed by atoms with Gasteiger partial charge < -0.3 is 5.32 Å². The van der Waals surface area contributed by atoms with E-state index >= 15 is 0 Å².